The van der Waals surface area contributed by atoms with E-state index >= 15 is 0 Å². The van der Waals surface area contributed by atoms with E-state index in [1.807, 2.05) is 0 Å². The van der Waals surface area contributed by atoms with Crippen LogP contribution in [0.25, 0.3) is 0 Å². The molecule has 1 saturated carbocycles. The Morgan fingerprint density at radius 1 is 1.36 bits per heavy atom. The van der Waals surface area contributed by atoms with Gasteiger partial charge in [0.15, 0.2) is 5.60 Å². The molecule has 0 aromatic rings. The van der Waals surface area contributed by atoms with Crippen molar-refractivity contribution in [1.82, 2.24) is 0 Å². The lowest BCUT2D eigenvalue weighted by atomic mass is 9.91. The summed E-state index contributed by atoms with van der Waals surface area (Å²) in [5.41, 5.74) is -0.719. The second-order valence-electron chi connectivity index (χ2n) is 4.10. The van der Waals surface area contributed by atoms with E-state index in [-0.39, 0.29) is 11.5 Å². The average molecular weight is 199 g/mol. The van der Waals surface area contributed by atoms with Gasteiger partial charge in [-0.05, 0) is 12.8 Å². The SMILES string of the molecule is COCC1(C(=N)OC)OC12CCCC2. The monoisotopic (exact) mass is 199 g/mol. The minimum absolute atomic E-state index is 0.143. The summed E-state index contributed by atoms with van der Waals surface area (Å²) in [5.74, 6) is 0.209. The van der Waals surface area contributed by atoms with E-state index in [1.165, 1.54) is 20.0 Å². The fourth-order valence-electron chi connectivity index (χ4n) is 2.61. The minimum Gasteiger partial charge on any atom is -0.482 e. The minimum atomic E-state index is -0.576. The van der Waals surface area contributed by atoms with Crippen LogP contribution >= 0.6 is 0 Å². The van der Waals surface area contributed by atoms with Crippen molar-refractivity contribution < 1.29 is 14.2 Å². The van der Waals surface area contributed by atoms with Gasteiger partial charge in [0.2, 0.25) is 5.90 Å². The molecule has 80 valence electrons. The third-order valence-corrected chi connectivity index (χ3v) is 3.39. The first-order valence-electron chi connectivity index (χ1n) is 5.03. The van der Waals surface area contributed by atoms with Gasteiger partial charge >= 0.3 is 0 Å². The smallest absolute Gasteiger partial charge is 0.219 e. The highest BCUT2D eigenvalue weighted by molar-refractivity contribution is 5.87. The van der Waals surface area contributed by atoms with E-state index < -0.39 is 5.60 Å². The van der Waals surface area contributed by atoms with Gasteiger partial charge in [0.05, 0.1) is 13.7 Å². The van der Waals surface area contributed by atoms with E-state index in [2.05, 4.69) is 0 Å². The van der Waals surface area contributed by atoms with Gasteiger partial charge in [0.25, 0.3) is 0 Å². The number of ether oxygens (including phenoxy) is 3. The predicted molar refractivity (Wildman–Crippen MR) is 51.6 cm³/mol. The van der Waals surface area contributed by atoms with Gasteiger partial charge in [-0.25, -0.2) is 0 Å². The highest BCUT2D eigenvalue weighted by Crippen LogP contribution is 2.58. The van der Waals surface area contributed by atoms with Crippen LogP contribution in [0.4, 0.5) is 0 Å². The van der Waals surface area contributed by atoms with Gasteiger partial charge < -0.3 is 14.2 Å². The molecule has 2 aliphatic rings. The number of hydrogen-bond donors (Lipinski definition) is 1. The van der Waals surface area contributed by atoms with Crippen LogP contribution in [0.15, 0.2) is 0 Å². The maximum atomic E-state index is 7.77. The fourth-order valence-corrected chi connectivity index (χ4v) is 2.61. The van der Waals surface area contributed by atoms with Crippen LogP contribution in [0.2, 0.25) is 0 Å². The number of nitrogens with one attached hydrogen (secondary N) is 1. The molecule has 0 aromatic heterocycles. The molecule has 1 N–H and O–H groups in total. The van der Waals surface area contributed by atoms with Crippen molar-refractivity contribution in [3.05, 3.63) is 0 Å². The Hall–Kier alpha value is -0.610. The Bertz CT molecular complexity index is 248. The van der Waals surface area contributed by atoms with Gasteiger partial charge in [-0.3, -0.25) is 5.41 Å². The number of rotatable bonds is 3. The lowest BCUT2D eigenvalue weighted by Crippen LogP contribution is -2.37. The summed E-state index contributed by atoms with van der Waals surface area (Å²) in [6, 6.07) is 0. The van der Waals surface area contributed by atoms with Crippen LogP contribution < -0.4 is 0 Å². The summed E-state index contributed by atoms with van der Waals surface area (Å²) in [7, 11) is 3.15. The first-order valence-corrected chi connectivity index (χ1v) is 5.03. The molecule has 4 nitrogen and oxygen atoms in total. The molecule has 1 unspecified atom stereocenters. The standard InChI is InChI=1S/C10H17NO3/c1-12-7-10(8(11)13-2)9(14-10)5-3-4-6-9/h11H,3-7H2,1-2H3. The number of methoxy groups -OCH3 is 2. The van der Waals surface area contributed by atoms with Crippen LogP contribution in [-0.4, -0.2) is 37.9 Å². The molecule has 1 aliphatic heterocycles. The third kappa shape index (κ3) is 1.10. The fraction of sp³-hybridized carbons (Fsp3) is 0.900. The quantitative estimate of drug-likeness (QED) is 0.424. The Kier molecular flexibility index (Phi) is 2.27. The molecule has 1 aliphatic carbocycles. The Morgan fingerprint density at radius 3 is 2.50 bits per heavy atom. The molecule has 4 heteroatoms. The van der Waals surface area contributed by atoms with Crippen LogP contribution in [0, 0.1) is 5.41 Å². The predicted octanol–water partition coefficient (Wildman–Crippen LogP) is 1.34. The largest absolute Gasteiger partial charge is 0.482 e. The van der Waals surface area contributed by atoms with Crippen molar-refractivity contribution in [2.24, 2.45) is 0 Å². The molecule has 1 atom stereocenters. The van der Waals surface area contributed by atoms with Crippen molar-refractivity contribution in [2.75, 3.05) is 20.8 Å². The summed E-state index contributed by atoms with van der Waals surface area (Å²) in [6.45, 7) is 0.430. The second-order valence-corrected chi connectivity index (χ2v) is 4.10. The third-order valence-electron chi connectivity index (χ3n) is 3.39. The zero-order valence-electron chi connectivity index (χ0n) is 8.76. The Balaban J connectivity index is 2.15. The van der Waals surface area contributed by atoms with Gasteiger partial charge in [-0.2, -0.15) is 0 Å². The number of hydrogen-bond acceptors (Lipinski definition) is 4. The summed E-state index contributed by atoms with van der Waals surface area (Å²) in [5, 5.41) is 7.77. The molecule has 1 saturated heterocycles. The Morgan fingerprint density at radius 2 is 2.00 bits per heavy atom. The van der Waals surface area contributed by atoms with E-state index in [9.17, 15) is 0 Å². The molecule has 14 heavy (non-hydrogen) atoms. The number of epoxide rings is 1. The molecule has 2 fully saturated rings. The van der Waals surface area contributed by atoms with E-state index in [4.69, 9.17) is 19.6 Å². The summed E-state index contributed by atoms with van der Waals surface area (Å²) in [6.07, 6.45) is 4.43. The lowest BCUT2D eigenvalue weighted by molar-refractivity contribution is 0.137. The van der Waals surface area contributed by atoms with Crippen molar-refractivity contribution in [2.45, 2.75) is 36.9 Å². The summed E-state index contributed by atoms with van der Waals surface area (Å²) < 4.78 is 15.9. The van der Waals surface area contributed by atoms with Crippen molar-refractivity contribution >= 4 is 5.90 Å². The van der Waals surface area contributed by atoms with E-state index in [0.717, 1.165) is 12.8 Å². The van der Waals surface area contributed by atoms with Crippen LogP contribution in [0.3, 0.4) is 0 Å². The molecule has 1 heterocycles. The van der Waals surface area contributed by atoms with Gasteiger partial charge in [0.1, 0.15) is 5.60 Å². The van der Waals surface area contributed by atoms with Crippen LogP contribution in [-0.2, 0) is 14.2 Å². The lowest BCUT2D eigenvalue weighted by Gasteiger charge is -2.15. The molecular formula is C10H17NO3. The molecule has 2 rings (SSSR count). The highest BCUT2D eigenvalue weighted by atomic mass is 16.7. The van der Waals surface area contributed by atoms with Crippen molar-refractivity contribution in [3.63, 3.8) is 0 Å². The zero-order chi connectivity index (χ0) is 10.2. The molecule has 1 spiro atoms. The van der Waals surface area contributed by atoms with Crippen molar-refractivity contribution in [1.29, 1.82) is 5.41 Å². The van der Waals surface area contributed by atoms with Gasteiger partial charge in [0, 0.05) is 7.11 Å². The van der Waals surface area contributed by atoms with Crippen molar-refractivity contribution in [3.8, 4) is 0 Å². The Labute approximate surface area is 84.0 Å². The molecule has 0 amide bonds. The topological polar surface area (TPSA) is 54.8 Å². The first-order chi connectivity index (χ1) is 6.71. The molecular weight excluding hydrogens is 182 g/mol. The van der Waals surface area contributed by atoms with Crippen LogP contribution in [0.5, 0.6) is 0 Å². The highest BCUT2D eigenvalue weighted by Gasteiger charge is 2.74. The summed E-state index contributed by atoms with van der Waals surface area (Å²) in [4.78, 5) is 0. The second kappa shape index (κ2) is 3.21. The van der Waals surface area contributed by atoms with E-state index in [0.29, 0.717) is 6.61 Å². The summed E-state index contributed by atoms with van der Waals surface area (Å²) >= 11 is 0. The normalized spacial score (nSPS) is 33.3. The van der Waals surface area contributed by atoms with Gasteiger partial charge in [-0.1, -0.05) is 12.8 Å². The first kappa shape index (κ1) is 9.93. The maximum Gasteiger partial charge on any atom is 0.219 e. The maximum absolute atomic E-state index is 7.77. The van der Waals surface area contributed by atoms with Gasteiger partial charge in [-0.15, -0.1) is 0 Å². The molecule has 0 radical (unpaired) electrons. The average Bonchev–Trinajstić information content (AvgIpc) is 2.59. The molecule has 0 aromatic carbocycles. The zero-order valence-corrected chi connectivity index (χ0v) is 8.76. The van der Waals surface area contributed by atoms with E-state index in [1.54, 1.807) is 7.11 Å². The van der Waals surface area contributed by atoms with Crippen LogP contribution in [0.1, 0.15) is 25.7 Å². The molecule has 0 bridgehead atoms.